The zero-order valence-corrected chi connectivity index (χ0v) is 19.7. The predicted octanol–water partition coefficient (Wildman–Crippen LogP) is -0.324. The van der Waals surface area contributed by atoms with E-state index in [1.807, 2.05) is 0 Å². The van der Waals surface area contributed by atoms with Gasteiger partial charge in [-0.05, 0) is 0 Å². The summed E-state index contributed by atoms with van der Waals surface area (Å²) < 4.78 is 0. The van der Waals surface area contributed by atoms with Crippen molar-refractivity contribution < 1.29 is 69.7 Å². The first-order valence-electron chi connectivity index (χ1n) is 6.82. The maximum atomic E-state index is 3.44. The van der Waals surface area contributed by atoms with Crippen molar-refractivity contribution in [3.05, 3.63) is 65.3 Å². The molecule has 0 spiro atoms. The minimum absolute atomic E-state index is 0. The van der Waals surface area contributed by atoms with E-state index < -0.39 is 0 Å². The number of benzene rings is 1. The SMILES string of the molecule is CC1=[C-]C(C)(C)C(C)=C1C.[I-].[I-].[Ti+4].c1ccc2[cH-]ccc2c1. The van der Waals surface area contributed by atoms with Gasteiger partial charge in [-0.15, -0.1) is 36.6 Å². The maximum absolute atomic E-state index is 3.44. The van der Waals surface area contributed by atoms with Gasteiger partial charge < -0.3 is 48.0 Å². The van der Waals surface area contributed by atoms with Crippen LogP contribution < -0.4 is 48.0 Å². The summed E-state index contributed by atoms with van der Waals surface area (Å²) in [6, 6.07) is 14.7. The molecule has 3 rings (SSSR count). The molecular formula is C19H22I2Ti. The third-order valence-corrected chi connectivity index (χ3v) is 4.11. The molecule has 0 aliphatic heterocycles. The molecule has 0 amide bonds. The first-order valence-corrected chi connectivity index (χ1v) is 6.82. The molecular weight excluding hydrogens is 530 g/mol. The van der Waals surface area contributed by atoms with Gasteiger partial charge in [0.15, 0.2) is 0 Å². The van der Waals surface area contributed by atoms with Crippen LogP contribution in [0.15, 0.2) is 59.2 Å². The molecule has 22 heavy (non-hydrogen) atoms. The summed E-state index contributed by atoms with van der Waals surface area (Å²) >= 11 is 0. The fraction of sp³-hybridized carbons (Fsp3) is 0.316. The third kappa shape index (κ3) is 5.84. The monoisotopic (exact) mass is 552 g/mol. The molecule has 0 heterocycles. The van der Waals surface area contributed by atoms with Gasteiger partial charge in [-0.2, -0.15) is 28.7 Å². The van der Waals surface area contributed by atoms with Gasteiger partial charge in [0.1, 0.15) is 0 Å². The van der Waals surface area contributed by atoms with Crippen LogP contribution in [0.1, 0.15) is 34.6 Å². The first kappa shape index (κ1) is 24.7. The van der Waals surface area contributed by atoms with E-state index in [1.54, 1.807) is 0 Å². The Morgan fingerprint density at radius 2 is 1.55 bits per heavy atom. The standard InChI is InChI=1S/C10H15.C9H7.2HI.Ti/c1-7-6-10(4,5)9(3)8(7)2;1-2-5-9-7-3-6-8(9)4-1;;;/h1-5H3;1-7H;2*1H;/q2*-1;;;+4/p-2. The number of allylic oxidation sites excluding steroid dienone is 4. The predicted molar refractivity (Wildman–Crippen MR) is 84.1 cm³/mol. The molecule has 2 aromatic carbocycles. The number of hydrogen-bond acceptors (Lipinski definition) is 0. The largest absolute Gasteiger partial charge is 4.00 e. The molecule has 0 fully saturated rings. The molecule has 0 radical (unpaired) electrons. The molecule has 0 saturated carbocycles. The van der Waals surface area contributed by atoms with Crippen LogP contribution in [0.4, 0.5) is 0 Å². The number of hydrogen-bond donors (Lipinski definition) is 0. The zero-order valence-electron chi connectivity index (χ0n) is 13.8. The van der Waals surface area contributed by atoms with E-state index in [4.69, 9.17) is 0 Å². The summed E-state index contributed by atoms with van der Waals surface area (Å²) in [4.78, 5) is 0. The van der Waals surface area contributed by atoms with Crippen molar-refractivity contribution in [2.24, 2.45) is 5.41 Å². The molecule has 3 heteroatoms. The summed E-state index contributed by atoms with van der Waals surface area (Å²) in [6.45, 7) is 10.9. The van der Waals surface area contributed by atoms with E-state index >= 15 is 0 Å². The molecule has 116 valence electrons. The van der Waals surface area contributed by atoms with Crippen molar-refractivity contribution in [1.82, 2.24) is 0 Å². The molecule has 1 aliphatic carbocycles. The van der Waals surface area contributed by atoms with Gasteiger partial charge in [0.2, 0.25) is 0 Å². The van der Waals surface area contributed by atoms with E-state index in [-0.39, 0.29) is 75.1 Å². The molecule has 1 aliphatic rings. The number of halogens is 2. The van der Waals surface area contributed by atoms with Crippen molar-refractivity contribution in [2.75, 3.05) is 0 Å². The van der Waals surface area contributed by atoms with E-state index in [0.29, 0.717) is 0 Å². The Kier molecular flexibility index (Phi) is 11.7. The average Bonchev–Trinajstić information content (AvgIpc) is 2.90. The van der Waals surface area contributed by atoms with Crippen molar-refractivity contribution in [1.29, 1.82) is 0 Å². The Morgan fingerprint density at radius 1 is 0.955 bits per heavy atom. The fourth-order valence-electron chi connectivity index (χ4n) is 2.48. The van der Waals surface area contributed by atoms with Crippen LogP contribution in [0, 0.1) is 11.5 Å². The topological polar surface area (TPSA) is 0 Å². The average molecular weight is 552 g/mol. The number of rotatable bonds is 0. The minimum atomic E-state index is 0. The van der Waals surface area contributed by atoms with Crippen molar-refractivity contribution in [3.8, 4) is 0 Å². The van der Waals surface area contributed by atoms with E-state index in [1.165, 1.54) is 27.5 Å². The Bertz CT molecular complexity index is 618. The van der Waals surface area contributed by atoms with Crippen LogP contribution >= 0.6 is 0 Å². The fourth-order valence-corrected chi connectivity index (χ4v) is 2.48. The molecule has 0 N–H and O–H groups in total. The van der Waals surface area contributed by atoms with Crippen LogP contribution in [0.5, 0.6) is 0 Å². The summed E-state index contributed by atoms with van der Waals surface area (Å²) in [6.07, 6.45) is 3.44. The van der Waals surface area contributed by atoms with Crippen LogP contribution in [0.2, 0.25) is 0 Å². The van der Waals surface area contributed by atoms with E-state index in [9.17, 15) is 0 Å². The van der Waals surface area contributed by atoms with Crippen LogP contribution in [-0.4, -0.2) is 0 Å². The summed E-state index contributed by atoms with van der Waals surface area (Å²) in [5, 5.41) is 2.66. The molecule has 0 unspecified atom stereocenters. The maximum Gasteiger partial charge on any atom is 4.00 e. The third-order valence-electron chi connectivity index (χ3n) is 4.11. The van der Waals surface area contributed by atoms with Gasteiger partial charge in [-0.3, -0.25) is 6.08 Å². The Balaban J connectivity index is 0. The second kappa shape index (κ2) is 10.4. The first-order chi connectivity index (χ1) is 8.92. The molecule has 0 saturated heterocycles. The molecule has 0 nitrogen and oxygen atoms in total. The van der Waals surface area contributed by atoms with Crippen molar-refractivity contribution >= 4 is 10.8 Å². The minimum Gasteiger partial charge on any atom is -1.00 e. The van der Waals surface area contributed by atoms with Gasteiger partial charge in [0, 0.05) is 0 Å². The molecule has 2 aromatic rings. The second-order valence-electron chi connectivity index (χ2n) is 5.78. The van der Waals surface area contributed by atoms with Crippen LogP contribution in [0.3, 0.4) is 0 Å². The van der Waals surface area contributed by atoms with E-state index in [0.717, 1.165) is 0 Å². The second-order valence-corrected chi connectivity index (χ2v) is 5.78. The van der Waals surface area contributed by atoms with Gasteiger partial charge in [-0.1, -0.05) is 39.2 Å². The number of fused-ring (bicyclic) bond motifs is 1. The Labute approximate surface area is 184 Å². The zero-order chi connectivity index (χ0) is 14.0. The van der Waals surface area contributed by atoms with Crippen LogP contribution in [-0.2, 0) is 21.7 Å². The van der Waals surface area contributed by atoms with Crippen molar-refractivity contribution in [3.63, 3.8) is 0 Å². The van der Waals surface area contributed by atoms with Gasteiger partial charge >= 0.3 is 21.7 Å². The smallest absolute Gasteiger partial charge is 1.00 e. The molecule has 0 bridgehead atoms. The Hall–Kier alpha value is 0.484. The van der Waals surface area contributed by atoms with Crippen LogP contribution in [0.25, 0.3) is 10.8 Å². The molecule has 0 aromatic heterocycles. The van der Waals surface area contributed by atoms with Crippen molar-refractivity contribution in [2.45, 2.75) is 34.6 Å². The molecule has 0 atom stereocenters. The quantitative estimate of drug-likeness (QED) is 0.239. The van der Waals surface area contributed by atoms with E-state index in [2.05, 4.69) is 83.2 Å². The van der Waals surface area contributed by atoms with Gasteiger partial charge in [0.05, 0.1) is 0 Å². The summed E-state index contributed by atoms with van der Waals surface area (Å²) in [7, 11) is 0. The summed E-state index contributed by atoms with van der Waals surface area (Å²) in [5.41, 5.74) is 4.39. The van der Waals surface area contributed by atoms with Gasteiger partial charge in [-0.25, -0.2) is 5.57 Å². The van der Waals surface area contributed by atoms with Gasteiger partial charge in [0.25, 0.3) is 0 Å². The Morgan fingerprint density at radius 3 is 1.95 bits per heavy atom. The summed E-state index contributed by atoms with van der Waals surface area (Å²) in [5.74, 6) is 0. The normalized spacial score (nSPS) is 14.9.